The number of hydrogen-bond acceptors (Lipinski definition) is 6. The van der Waals surface area contributed by atoms with Gasteiger partial charge in [-0.25, -0.2) is 0 Å². The Bertz CT molecular complexity index is 899. The average Bonchev–Trinajstić information content (AvgIpc) is 3.22. The standard InChI is InChI=1S/C17H14N4OS/c1-11(15-10-12-6-2-3-8-14(12)22-15)19-17-21-20-16(23-17)13-7-4-5-9-18-13/h2-11H,1H3,(H,19,21)/t11-/m1/s1. The van der Waals surface area contributed by atoms with E-state index in [0.29, 0.717) is 0 Å². The van der Waals surface area contributed by atoms with E-state index in [1.807, 2.05) is 55.5 Å². The lowest BCUT2D eigenvalue weighted by atomic mass is 10.2. The first-order valence-electron chi connectivity index (χ1n) is 7.29. The highest BCUT2D eigenvalue weighted by Gasteiger charge is 2.14. The fraction of sp³-hybridized carbons (Fsp3) is 0.118. The molecule has 4 aromatic rings. The van der Waals surface area contributed by atoms with Gasteiger partial charge in [0.25, 0.3) is 0 Å². The van der Waals surface area contributed by atoms with Crippen molar-refractivity contribution >= 4 is 27.4 Å². The van der Waals surface area contributed by atoms with Crippen molar-refractivity contribution in [3.8, 4) is 10.7 Å². The molecule has 0 aliphatic rings. The predicted octanol–water partition coefficient (Wildman–Crippen LogP) is 4.52. The van der Waals surface area contributed by atoms with E-state index in [0.717, 1.165) is 32.6 Å². The van der Waals surface area contributed by atoms with Crippen LogP contribution in [0.25, 0.3) is 21.7 Å². The van der Waals surface area contributed by atoms with Crippen LogP contribution in [0.3, 0.4) is 0 Å². The van der Waals surface area contributed by atoms with Crippen molar-refractivity contribution in [2.24, 2.45) is 0 Å². The van der Waals surface area contributed by atoms with Crippen molar-refractivity contribution in [2.45, 2.75) is 13.0 Å². The SMILES string of the molecule is C[C@@H](Nc1nnc(-c2ccccn2)s1)c1cc2ccccc2o1. The zero-order valence-electron chi connectivity index (χ0n) is 12.4. The van der Waals surface area contributed by atoms with E-state index >= 15 is 0 Å². The number of pyridine rings is 1. The first kappa shape index (κ1) is 13.9. The molecule has 1 N–H and O–H groups in total. The number of anilines is 1. The summed E-state index contributed by atoms with van der Waals surface area (Å²) >= 11 is 1.48. The van der Waals surface area contributed by atoms with Gasteiger partial charge in [0.1, 0.15) is 17.0 Å². The van der Waals surface area contributed by atoms with Crippen molar-refractivity contribution < 1.29 is 4.42 Å². The highest BCUT2D eigenvalue weighted by molar-refractivity contribution is 7.18. The first-order valence-corrected chi connectivity index (χ1v) is 8.11. The fourth-order valence-electron chi connectivity index (χ4n) is 2.35. The van der Waals surface area contributed by atoms with Crippen LogP contribution in [0.4, 0.5) is 5.13 Å². The largest absolute Gasteiger partial charge is 0.459 e. The quantitative estimate of drug-likeness (QED) is 0.598. The molecule has 114 valence electrons. The highest BCUT2D eigenvalue weighted by atomic mass is 32.1. The van der Waals surface area contributed by atoms with E-state index in [1.165, 1.54) is 11.3 Å². The van der Waals surface area contributed by atoms with Gasteiger partial charge in [0.2, 0.25) is 5.13 Å². The van der Waals surface area contributed by atoms with Gasteiger partial charge >= 0.3 is 0 Å². The first-order chi connectivity index (χ1) is 11.3. The maximum absolute atomic E-state index is 5.88. The Kier molecular flexibility index (Phi) is 3.51. The number of para-hydroxylation sites is 1. The molecule has 23 heavy (non-hydrogen) atoms. The van der Waals surface area contributed by atoms with Crippen molar-refractivity contribution in [1.82, 2.24) is 15.2 Å². The van der Waals surface area contributed by atoms with Gasteiger partial charge in [-0.05, 0) is 31.2 Å². The van der Waals surface area contributed by atoms with Gasteiger partial charge in [0.15, 0.2) is 5.01 Å². The molecule has 0 saturated heterocycles. The van der Waals surface area contributed by atoms with E-state index in [2.05, 4.69) is 20.5 Å². The van der Waals surface area contributed by atoms with Crippen molar-refractivity contribution in [3.63, 3.8) is 0 Å². The van der Waals surface area contributed by atoms with Crippen molar-refractivity contribution in [2.75, 3.05) is 5.32 Å². The van der Waals surface area contributed by atoms with Crippen LogP contribution in [0.1, 0.15) is 18.7 Å². The lowest BCUT2D eigenvalue weighted by molar-refractivity contribution is 0.526. The summed E-state index contributed by atoms with van der Waals surface area (Å²) in [5.41, 5.74) is 1.72. The van der Waals surface area contributed by atoms with Crippen LogP contribution in [0.15, 0.2) is 59.1 Å². The molecule has 0 aliphatic heterocycles. The third kappa shape index (κ3) is 2.80. The Morgan fingerprint density at radius 3 is 2.78 bits per heavy atom. The van der Waals surface area contributed by atoms with Gasteiger partial charge < -0.3 is 9.73 Å². The molecule has 0 fully saturated rings. The summed E-state index contributed by atoms with van der Waals surface area (Å²) in [4.78, 5) is 4.29. The molecule has 5 nitrogen and oxygen atoms in total. The van der Waals surface area contributed by atoms with Crippen LogP contribution in [0, 0.1) is 0 Å². The molecule has 0 spiro atoms. The minimum Gasteiger partial charge on any atom is -0.459 e. The molecule has 3 aromatic heterocycles. The number of fused-ring (bicyclic) bond motifs is 1. The van der Waals surface area contributed by atoms with E-state index in [1.54, 1.807) is 6.20 Å². The molecule has 1 aromatic carbocycles. The van der Waals surface area contributed by atoms with Gasteiger partial charge in [0, 0.05) is 11.6 Å². The van der Waals surface area contributed by atoms with Gasteiger partial charge in [-0.3, -0.25) is 4.98 Å². The molecule has 0 saturated carbocycles. The Morgan fingerprint density at radius 1 is 1.09 bits per heavy atom. The van der Waals surface area contributed by atoms with E-state index in [9.17, 15) is 0 Å². The van der Waals surface area contributed by atoms with Crippen LogP contribution in [0.5, 0.6) is 0 Å². The smallest absolute Gasteiger partial charge is 0.206 e. The number of benzene rings is 1. The van der Waals surface area contributed by atoms with Gasteiger partial charge in [-0.2, -0.15) is 0 Å². The maximum atomic E-state index is 5.88. The van der Waals surface area contributed by atoms with Gasteiger partial charge in [-0.15, -0.1) is 10.2 Å². The number of furan rings is 1. The summed E-state index contributed by atoms with van der Waals surface area (Å²) in [6, 6.07) is 15.8. The second-order valence-electron chi connectivity index (χ2n) is 5.18. The van der Waals surface area contributed by atoms with Crippen LogP contribution in [-0.4, -0.2) is 15.2 Å². The van der Waals surface area contributed by atoms with Crippen LogP contribution >= 0.6 is 11.3 Å². The normalized spacial score (nSPS) is 12.4. The molecule has 3 heterocycles. The minimum absolute atomic E-state index is 0.00642. The summed E-state index contributed by atoms with van der Waals surface area (Å²) in [5, 5.41) is 14.4. The molecule has 0 unspecified atom stereocenters. The third-order valence-corrected chi connectivity index (χ3v) is 4.40. The minimum atomic E-state index is 0.00642. The summed E-state index contributed by atoms with van der Waals surface area (Å²) in [5.74, 6) is 0.876. The molecule has 1 atom stereocenters. The van der Waals surface area contributed by atoms with E-state index in [-0.39, 0.29) is 6.04 Å². The monoisotopic (exact) mass is 322 g/mol. The molecule has 6 heteroatoms. The van der Waals surface area contributed by atoms with Gasteiger partial charge in [0.05, 0.1) is 6.04 Å². The molecule has 0 aliphatic carbocycles. The fourth-order valence-corrected chi connectivity index (χ4v) is 3.15. The van der Waals surface area contributed by atoms with Crippen molar-refractivity contribution in [1.29, 1.82) is 0 Å². The Labute approximate surface area is 137 Å². The second-order valence-corrected chi connectivity index (χ2v) is 6.16. The average molecular weight is 322 g/mol. The molecular weight excluding hydrogens is 308 g/mol. The summed E-state index contributed by atoms with van der Waals surface area (Å²) in [7, 11) is 0. The Balaban J connectivity index is 1.54. The zero-order valence-corrected chi connectivity index (χ0v) is 13.2. The molecule has 0 amide bonds. The molecule has 0 bridgehead atoms. The predicted molar refractivity (Wildman–Crippen MR) is 91.4 cm³/mol. The van der Waals surface area contributed by atoms with Crippen molar-refractivity contribution in [3.05, 3.63) is 60.5 Å². The maximum Gasteiger partial charge on any atom is 0.206 e. The van der Waals surface area contributed by atoms with Crippen LogP contribution < -0.4 is 5.32 Å². The highest BCUT2D eigenvalue weighted by Crippen LogP contribution is 2.29. The number of nitrogens with one attached hydrogen (secondary N) is 1. The third-order valence-electron chi connectivity index (χ3n) is 3.52. The second kappa shape index (κ2) is 5.81. The lowest BCUT2D eigenvalue weighted by Gasteiger charge is -2.08. The number of nitrogens with zero attached hydrogens (tertiary/aromatic N) is 3. The van der Waals surface area contributed by atoms with E-state index < -0.39 is 0 Å². The Morgan fingerprint density at radius 2 is 1.96 bits per heavy atom. The van der Waals surface area contributed by atoms with Crippen LogP contribution in [0.2, 0.25) is 0 Å². The topological polar surface area (TPSA) is 63.8 Å². The summed E-state index contributed by atoms with van der Waals surface area (Å²) in [6.45, 7) is 2.04. The van der Waals surface area contributed by atoms with E-state index in [4.69, 9.17) is 4.42 Å². The lowest BCUT2D eigenvalue weighted by Crippen LogP contribution is -2.04. The summed E-state index contributed by atoms with van der Waals surface area (Å²) in [6.07, 6.45) is 1.75. The number of hydrogen-bond donors (Lipinski definition) is 1. The molecule has 0 radical (unpaired) electrons. The summed E-state index contributed by atoms with van der Waals surface area (Å²) < 4.78 is 5.88. The molecular formula is C17H14N4OS. The molecule has 4 rings (SSSR count). The van der Waals surface area contributed by atoms with Crippen LogP contribution in [-0.2, 0) is 0 Å². The Hall–Kier alpha value is -2.73. The zero-order chi connectivity index (χ0) is 15.6. The van der Waals surface area contributed by atoms with Gasteiger partial charge in [-0.1, -0.05) is 35.6 Å². The number of aromatic nitrogens is 3. The number of rotatable bonds is 4.